The number of thioether (sulfide) groups is 1. The van der Waals surface area contributed by atoms with Gasteiger partial charge in [0.05, 0.1) is 12.1 Å². The molecule has 0 bridgehead atoms. The molecule has 1 aromatic heterocycles. The Morgan fingerprint density at radius 3 is 2.63 bits per heavy atom. The molecule has 5 nitrogen and oxygen atoms in total. The first-order valence-electron chi connectivity index (χ1n) is 8.77. The van der Waals surface area contributed by atoms with Crippen molar-refractivity contribution in [2.75, 3.05) is 12.3 Å². The molecular formula is C21H21N3O2S. The zero-order valence-corrected chi connectivity index (χ0v) is 15.7. The summed E-state index contributed by atoms with van der Waals surface area (Å²) in [7, 11) is 0. The maximum atomic E-state index is 12.3. The van der Waals surface area contributed by atoms with Crippen LogP contribution < -0.4 is 5.32 Å². The highest BCUT2D eigenvalue weighted by molar-refractivity contribution is 8.00. The molecule has 0 fully saturated rings. The molecule has 0 spiro atoms. The SMILES string of the molecule is O=C(CSc1cccc(C(=O)NCCCn2ccnc2)c1)c1ccccc1. The number of amides is 1. The minimum atomic E-state index is -0.0996. The van der Waals surface area contributed by atoms with E-state index in [0.29, 0.717) is 23.4 Å². The number of carbonyl (C=O) groups is 2. The Hall–Kier alpha value is -2.86. The van der Waals surface area contributed by atoms with Crippen LogP contribution in [0.25, 0.3) is 0 Å². The van der Waals surface area contributed by atoms with Crippen molar-refractivity contribution in [2.24, 2.45) is 0 Å². The monoisotopic (exact) mass is 379 g/mol. The number of ketones is 1. The third-order valence-corrected chi connectivity index (χ3v) is 4.99. The molecule has 2 aromatic carbocycles. The van der Waals surface area contributed by atoms with Gasteiger partial charge in [-0.15, -0.1) is 11.8 Å². The second kappa shape index (κ2) is 9.73. The first-order chi connectivity index (χ1) is 13.2. The molecule has 3 rings (SSSR count). The molecule has 0 saturated heterocycles. The largest absolute Gasteiger partial charge is 0.352 e. The molecule has 0 aliphatic rings. The summed E-state index contributed by atoms with van der Waals surface area (Å²) in [5, 5.41) is 2.93. The summed E-state index contributed by atoms with van der Waals surface area (Å²) in [4.78, 5) is 29.4. The molecule has 1 heterocycles. The maximum Gasteiger partial charge on any atom is 0.251 e. The van der Waals surface area contributed by atoms with Gasteiger partial charge in [0, 0.05) is 41.5 Å². The standard InChI is InChI=1S/C21H21N3O2S/c25-20(17-6-2-1-3-7-17)15-27-19-9-4-8-18(14-19)21(26)23-10-5-12-24-13-11-22-16-24/h1-4,6-9,11,13-14,16H,5,10,12,15H2,(H,23,26). The number of Topliss-reactive ketones (excluding diaryl/α,β-unsaturated/α-hetero) is 1. The van der Waals surface area contributed by atoms with E-state index >= 15 is 0 Å². The van der Waals surface area contributed by atoms with E-state index in [4.69, 9.17) is 0 Å². The van der Waals surface area contributed by atoms with Crippen LogP contribution in [0.5, 0.6) is 0 Å². The topological polar surface area (TPSA) is 64.0 Å². The van der Waals surface area contributed by atoms with Crippen molar-refractivity contribution < 1.29 is 9.59 Å². The van der Waals surface area contributed by atoms with E-state index in [1.54, 1.807) is 18.6 Å². The van der Waals surface area contributed by atoms with Crippen LogP contribution in [-0.4, -0.2) is 33.5 Å². The van der Waals surface area contributed by atoms with Crippen LogP contribution in [0.1, 0.15) is 27.1 Å². The number of imidazole rings is 1. The third-order valence-electron chi connectivity index (χ3n) is 4.00. The third kappa shape index (κ3) is 5.82. The maximum absolute atomic E-state index is 12.3. The predicted molar refractivity (Wildman–Crippen MR) is 107 cm³/mol. The second-order valence-corrected chi connectivity index (χ2v) is 7.06. The van der Waals surface area contributed by atoms with E-state index < -0.39 is 0 Å². The lowest BCUT2D eigenvalue weighted by Crippen LogP contribution is -2.25. The highest BCUT2D eigenvalue weighted by Gasteiger charge is 2.09. The molecule has 1 amide bonds. The van der Waals surface area contributed by atoms with Crippen LogP contribution in [0.2, 0.25) is 0 Å². The van der Waals surface area contributed by atoms with Crippen molar-refractivity contribution in [1.29, 1.82) is 0 Å². The van der Waals surface area contributed by atoms with Crippen LogP contribution in [0.15, 0.2) is 78.2 Å². The van der Waals surface area contributed by atoms with Crippen molar-refractivity contribution in [1.82, 2.24) is 14.9 Å². The molecule has 0 unspecified atom stereocenters. The predicted octanol–water partition coefficient (Wildman–Crippen LogP) is 3.68. The Balaban J connectivity index is 1.47. The first kappa shape index (κ1) is 18.9. The van der Waals surface area contributed by atoms with Crippen LogP contribution in [-0.2, 0) is 6.54 Å². The average molecular weight is 379 g/mol. The van der Waals surface area contributed by atoms with E-state index in [1.165, 1.54) is 11.8 Å². The highest BCUT2D eigenvalue weighted by Crippen LogP contribution is 2.20. The van der Waals surface area contributed by atoms with E-state index in [9.17, 15) is 9.59 Å². The fourth-order valence-corrected chi connectivity index (χ4v) is 3.42. The van der Waals surface area contributed by atoms with Gasteiger partial charge in [0.25, 0.3) is 5.91 Å². The summed E-state index contributed by atoms with van der Waals surface area (Å²) < 4.78 is 1.98. The van der Waals surface area contributed by atoms with E-state index in [-0.39, 0.29) is 11.7 Å². The summed E-state index contributed by atoms with van der Waals surface area (Å²) in [6.45, 7) is 1.42. The number of nitrogens with zero attached hydrogens (tertiary/aromatic N) is 2. The fourth-order valence-electron chi connectivity index (χ4n) is 2.57. The molecule has 0 aliphatic heterocycles. The minimum Gasteiger partial charge on any atom is -0.352 e. The van der Waals surface area contributed by atoms with Crippen LogP contribution >= 0.6 is 11.8 Å². The molecule has 6 heteroatoms. The molecule has 0 atom stereocenters. The van der Waals surface area contributed by atoms with Gasteiger partial charge >= 0.3 is 0 Å². The molecule has 27 heavy (non-hydrogen) atoms. The lowest BCUT2D eigenvalue weighted by atomic mass is 10.2. The van der Waals surface area contributed by atoms with Crippen LogP contribution in [0.4, 0.5) is 0 Å². The van der Waals surface area contributed by atoms with Gasteiger partial charge in [-0.1, -0.05) is 36.4 Å². The van der Waals surface area contributed by atoms with Gasteiger partial charge in [-0.2, -0.15) is 0 Å². The summed E-state index contributed by atoms with van der Waals surface area (Å²) in [5.74, 6) is 0.326. The molecule has 0 aliphatic carbocycles. The van der Waals surface area contributed by atoms with Crippen LogP contribution in [0, 0.1) is 0 Å². The summed E-state index contributed by atoms with van der Waals surface area (Å²) in [6.07, 6.45) is 6.24. The Morgan fingerprint density at radius 2 is 1.85 bits per heavy atom. The number of rotatable bonds is 9. The zero-order chi connectivity index (χ0) is 18.9. The molecule has 1 N–H and O–H groups in total. The highest BCUT2D eigenvalue weighted by atomic mass is 32.2. The van der Waals surface area contributed by atoms with Crippen molar-refractivity contribution in [3.63, 3.8) is 0 Å². The number of hydrogen-bond donors (Lipinski definition) is 1. The van der Waals surface area contributed by atoms with Crippen molar-refractivity contribution in [3.8, 4) is 0 Å². The first-order valence-corrected chi connectivity index (χ1v) is 9.76. The number of hydrogen-bond acceptors (Lipinski definition) is 4. The molecule has 0 saturated carbocycles. The number of aromatic nitrogens is 2. The normalized spacial score (nSPS) is 10.5. The number of aryl methyl sites for hydroxylation is 1. The molecule has 0 radical (unpaired) electrons. The van der Waals surface area contributed by atoms with Gasteiger partial charge in [0.15, 0.2) is 5.78 Å². The van der Waals surface area contributed by atoms with Crippen molar-refractivity contribution in [2.45, 2.75) is 17.9 Å². The summed E-state index contributed by atoms with van der Waals surface area (Å²) in [5.41, 5.74) is 1.31. The van der Waals surface area contributed by atoms with E-state index in [2.05, 4.69) is 10.3 Å². The Labute approximate surface area is 162 Å². The second-order valence-electron chi connectivity index (χ2n) is 6.02. The minimum absolute atomic E-state index is 0.0787. The smallest absolute Gasteiger partial charge is 0.251 e. The van der Waals surface area contributed by atoms with Gasteiger partial charge in [-0.05, 0) is 24.6 Å². The Bertz CT molecular complexity index is 879. The van der Waals surface area contributed by atoms with Crippen LogP contribution in [0.3, 0.4) is 0 Å². The lowest BCUT2D eigenvalue weighted by Gasteiger charge is -2.07. The van der Waals surface area contributed by atoms with Gasteiger partial charge in [-0.25, -0.2) is 4.98 Å². The van der Waals surface area contributed by atoms with Gasteiger partial charge in [0.2, 0.25) is 0 Å². The zero-order valence-electron chi connectivity index (χ0n) is 14.9. The summed E-state index contributed by atoms with van der Waals surface area (Å²) >= 11 is 1.44. The quantitative estimate of drug-likeness (QED) is 0.350. The Kier molecular flexibility index (Phi) is 6.82. The van der Waals surface area contributed by atoms with Crippen molar-refractivity contribution in [3.05, 3.63) is 84.4 Å². The van der Waals surface area contributed by atoms with Gasteiger partial charge < -0.3 is 9.88 Å². The molecular weight excluding hydrogens is 358 g/mol. The van der Waals surface area contributed by atoms with Gasteiger partial charge in [0.1, 0.15) is 0 Å². The van der Waals surface area contributed by atoms with Gasteiger partial charge in [-0.3, -0.25) is 9.59 Å². The van der Waals surface area contributed by atoms with E-state index in [0.717, 1.165) is 17.9 Å². The number of carbonyl (C=O) groups excluding carboxylic acids is 2. The summed E-state index contributed by atoms with van der Waals surface area (Å²) in [6, 6.07) is 16.6. The number of nitrogens with one attached hydrogen (secondary N) is 1. The Morgan fingerprint density at radius 1 is 1.04 bits per heavy atom. The van der Waals surface area contributed by atoms with Crippen molar-refractivity contribution >= 4 is 23.5 Å². The molecule has 138 valence electrons. The molecule has 3 aromatic rings. The lowest BCUT2D eigenvalue weighted by molar-refractivity contribution is 0.0951. The average Bonchev–Trinajstić information content (AvgIpc) is 3.23. The number of benzene rings is 2. The fraction of sp³-hybridized carbons (Fsp3) is 0.190. The van der Waals surface area contributed by atoms with E-state index in [1.807, 2.05) is 59.3 Å².